The minimum Gasteiger partial charge on any atom is -0.232 e. The van der Waals surface area contributed by atoms with E-state index in [4.69, 9.17) is 0 Å². The standard InChI is InChI=1S/C34H36N2P/c1-26(2)28-19-20-33(32(23-28)27(3)4)36-22-21-35(25-36)24-29-13-11-12-18-34(29)37(30-14-7-5-8-15-30)31-16-9-6-10-17-31/h5-23,25-27H,24H2,1-4H3/q+1. The Hall–Kier alpha value is -3.48. The van der Waals surface area contributed by atoms with Crippen LogP contribution in [0.1, 0.15) is 56.2 Å². The maximum atomic E-state index is 2.39. The first-order valence-electron chi connectivity index (χ1n) is 13.2. The zero-order valence-corrected chi connectivity index (χ0v) is 23.1. The second-order valence-corrected chi connectivity index (χ2v) is 12.4. The van der Waals surface area contributed by atoms with Crippen LogP contribution in [0.2, 0.25) is 0 Å². The summed E-state index contributed by atoms with van der Waals surface area (Å²) >= 11 is 0. The van der Waals surface area contributed by atoms with Gasteiger partial charge in [-0.2, -0.15) is 0 Å². The molecule has 5 rings (SSSR count). The molecular formula is C34H36N2P+. The fraction of sp³-hybridized carbons (Fsp3) is 0.206. The van der Waals surface area contributed by atoms with Crippen LogP contribution in [0.5, 0.6) is 0 Å². The van der Waals surface area contributed by atoms with Gasteiger partial charge in [-0.05, 0) is 47.3 Å². The molecule has 0 aliphatic heterocycles. The number of hydrogen-bond acceptors (Lipinski definition) is 0. The third kappa shape index (κ3) is 5.60. The van der Waals surface area contributed by atoms with Gasteiger partial charge in [0.15, 0.2) is 0 Å². The summed E-state index contributed by atoms with van der Waals surface area (Å²) < 4.78 is 4.59. The summed E-state index contributed by atoms with van der Waals surface area (Å²) in [6, 6.07) is 37.8. The third-order valence-corrected chi connectivity index (χ3v) is 9.47. The molecule has 0 atom stereocenters. The van der Waals surface area contributed by atoms with Gasteiger partial charge in [-0.25, -0.2) is 9.13 Å². The van der Waals surface area contributed by atoms with E-state index < -0.39 is 7.92 Å². The molecule has 0 aliphatic carbocycles. The number of benzene rings is 4. The summed E-state index contributed by atoms with van der Waals surface area (Å²) in [6.45, 7) is 9.93. The highest BCUT2D eigenvalue weighted by atomic mass is 31.1. The van der Waals surface area contributed by atoms with E-state index in [0.717, 1.165) is 6.54 Å². The van der Waals surface area contributed by atoms with Gasteiger partial charge in [0.1, 0.15) is 24.6 Å². The lowest BCUT2D eigenvalue weighted by Gasteiger charge is -2.21. The topological polar surface area (TPSA) is 8.81 Å². The first-order valence-corrected chi connectivity index (χ1v) is 14.5. The largest absolute Gasteiger partial charge is 0.249 e. The Kier molecular flexibility index (Phi) is 7.68. The Bertz CT molecular complexity index is 1410. The molecule has 1 heterocycles. The van der Waals surface area contributed by atoms with E-state index in [1.807, 2.05) is 0 Å². The summed E-state index contributed by atoms with van der Waals surface area (Å²) in [6.07, 6.45) is 6.63. The van der Waals surface area contributed by atoms with Gasteiger partial charge in [-0.1, -0.05) is 125 Å². The second-order valence-electron chi connectivity index (χ2n) is 10.3. The fourth-order valence-electron chi connectivity index (χ4n) is 4.90. The van der Waals surface area contributed by atoms with Crippen LogP contribution >= 0.6 is 7.92 Å². The monoisotopic (exact) mass is 503 g/mol. The molecule has 5 aromatic rings. The van der Waals surface area contributed by atoms with Gasteiger partial charge in [-0.15, -0.1) is 0 Å². The van der Waals surface area contributed by atoms with E-state index in [1.54, 1.807) is 0 Å². The lowest BCUT2D eigenvalue weighted by atomic mass is 9.94. The minimum absolute atomic E-state index is 0.463. The van der Waals surface area contributed by atoms with Crippen LogP contribution in [0.4, 0.5) is 0 Å². The van der Waals surface area contributed by atoms with Crippen molar-refractivity contribution in [2.75, 3.05) is 0 Å². The van der Waals surface area contributed by atoms with Crippen molar-refractivity contribution in [1.29, 1.82) is 0 Å². The van der Waals surface area contributed by atoms with Gasteiger partial charge >= 0.3 is 0 Å². The van der Waals surface area contributed by atoms with Crippen LogP contribution in [-0.2, 0) is 6.54 Å². The molecule has 3 heteroatoms. The summed E-state index contributed by atoms with van der Waals surface area (Å²) in [5, 5.41) is 4.18. The molecule has 37 heavy (non-hydrogen) atoms. The quantitative estimate of drug-likeness (QED) is 0.162. The number of aromatic nitrogens is 2. The van der Waals surface area contributed by atoms with Gasteiger partial charge in [0.25, 0.3) is 0 Å². The third-order valence-electron chi connectivity index (χ3n) is 6.92. The molecule has 0 N–H and O–H groups in total. The Morgan fingerprint density at radius 1 is 0.703 bits per heavy atom. The van der Waals surface area contributed by atoms with E-state index in [0.29, 0.717) is 11.8 Å². The Balaban J connectivity index is 1.51. The van der Waals surface area contributed by atoms with Gasteiger partial charge in [0.05, 0.1) is 0 Å². The van der Waals surface area contributed by atoms with E-state index in [-0.39, 0.29) is 0 Å². The molecule has 0 spiro atoms. The normalized spacial score (nSPS) is 11.5. The highest BCUT2D eigenvalue weighted by Gasteiger charge is 2.21. The molecule has 0 bridgehead atoms. The molecule has 0 amide bonds. The second kappa shape index (κ2) is 11.3. The molecular weight excluding hydrogens is 467 g/mol. The number of nitrogens with zero attached hydrogens (tertiary/aromatic N) is 2. The number of hydrogen-bond donors (Lipinski definition) is 0. The molecule has 4 aromatic carbocycles. The van der Waals surface area contributed by atoms with Crippen LogP contribution in [0.25, 0.3) is 5.69 Å². The highest BCUT2D eigenvalue weighted by molar-refractivity contribution is 7.79. The van der Waals surface area contributed by atoms with Crippen LogP contribution in [0.3, 0.4) is 0 Å². The van der Waals surface area contributed by atoms with E-state index in [1.165, 1.54) is 38.3 Å². The Morgan fingerprint density at radius 3 is 1.95 bits per heavy atom. The summed E-state index contributed by atoms with van der Waals surface area (Å²) in [5.41, 5.74) is 5.42. The number of imidazole rings is 1. The lowest BCUT2D eigenvalue weighted by Crippen LogP contribution is -2.35. The number of rotatable bonds is 8. The van der Waals surface area contributed by atoms with Crippen molar-refractivity contribution >= 4 is 23.8 Å². The Labute approximate surface area is 223 Å². The molecule has 2 nitrogen and oxygen atoms in total. The van der Waals surface area contributed by atoms with Gasteiger partial charge < -0.3 is 0 Å². The maximum absolute atomic E-state index is 2.39. The van der Waals surface area contributed by atoms with Crippen molar-refractivity contribution in [3.63, 3.8) is 0 Å². The van der Waals surface area contributed by atoms with Crippen molar-refractivity contribution in [2.45, 2.75) is 46.1 Å². The van der Waals surface area contributed by atoms with Crippen molar-refractivity contribution < 1.29 is 4.57 Å². The maximum Gasteiger partial charge on any atom is 0.249 e. The van der Waals surface area contributed by atoms with Crippen molar-refractivity contribution in [3.05, 3.63) is 139 Å². The van der Waals surface area contributed by atoms with E-state index in [2.05, 4.69) is 159 Å². The fourth-order valence-corrected chi connectivity index (χ4v) is 7.36. The predicted octanol–water partition coefficient (Wildman–Crippen LogP) is 6.82. The first-order chi connectivity index (χ1) is 18.0. The molecule has 0 fully saturated rings. The molecule has 1 aromatic heterocycles. The van der Waals surface area contributed by atoms with Crippen LogP contribution in [0, 0.1) is 0 Å². The predicted molar refractivity (Wildman–Crippen MR) is 158 cm³/mol. The van der Waals surface area contributed by atoms with Crippen molar-refractivity contribution in [3.8, 4) is 5.69 Å². The molecule has 0 aliphatic rings. The molecule has 0 unspecified atom stereocenters. The Morgan fingerprint density at radius 2 is 1.32 bits per heavy atom. The SMILES string of the molecule is CC(C)c1ccc(-n2cc[n+](Cc3ccccc3P(c3ccccc3)c3ccccc3)c2)c(C(C)C)c1. The summed E-state index contributed by atoms with van der Waals surface area (Å²) in [4.78, 5) is 0. The van der Waals surface area contributed by atoms with Crippen LogP contribution in [-0.4, -0.2) is 4.57 Å². The zero-order valence-electron chi connectivity index (χ0n) is 22.3. The smallest absolute Gasteiger partial charge is 0.232 e. The lowest BCUT2D eigenvalue weighted by molar-refractivity contribution is -0.687. The van der Waals surface area contributed by atoms with Gasteiger partial charge in [-0.3, -0.25) is 0 Å². The molecule has 0 saturated heterocycles. The molecule has 0 radical (unpaired) electrons. The zero-order chi connectivity index (χ0) is 25.8. The van der Waals surface area contributed by atoms with Crippen molar-refractivity contribution in [1.82, 2.24) is 4.57 Å². The van der Waals surface area contributed by atoms with Crippen LogP contribution in [0.15, 0.2) is 122 Å². The molecule has 0 saturated carbocycles. The van der Waals surface area contributed by atoms with Crippen LogP contribution < -0.4 is 20.5 Å². The van der Waals surface area contributed by atoms with Gasteiger partial charge in [0, 0.05) is 11.1 Å². The van der Waals surface area contributed by atoms with E-state index >= 15 is 0 Å². The summed E-state index contributed by atoms with van der Waals surface area (Å²) in [7, 11) is -0.644. The average molecular weight is 504 g/mol. The molecule has 186 valence electrons. The highest BCUT2D eigenvalue weighted by Crippen LogP contribution is 2.34. The van der Waals surface area contributed by atoms with Gasteiger partial charge in [0.2, 0.25) is 6.33 Å². The van der Waals surface area contributed by atoms with Crippen molar-refractivity contribution in [2.24, 2.45) is 0 Å². The average Bonchev–Trinajstić information content (AvgIpc) is 3.39. The van der Waals surface area contributed by atoms with E-state index in [9.17, 15) is 0 Å². The first kappa shape index (κ1) is 25.2. The minimum atomic E-state index is -0.644. The summed E-state index contributed by atoms with van der Waals surface area (Å²) in [5.74, 6) is 0.993.